The van der Waals surface area contributed by atoms with Crippen LogP contribution in [0.1, 0.15) is 31.4 Å². The van der Waals surface area contributed by atoms with Crippen molar-refractivity contribution in [3.63, 3.8) is 0 Å². The van der Waals surface area contributed by atoms with Gasteiger partial charge in [-0.15, -0.1) is 10.2 Å². The first-order valence-electron chi connectivity index (χ1n) is 7.52. The molecule has 0 bridgehead atoms. The van der Waals surface area contributed by atoms with Crippen LogP contribution in [-0.2, 0) is 17.8 Å². The predicted octanol–water partition coefficient (Wildman–Crippen LogP) is 2.12. The molecule has 1 saturated carbocycles. The zero-order valence-electron chi connectivity index (χ0n) is 12.3. The molecule has 2 aromatic rings. The van der Waals surface area contributed by atoms with Crippen LogP contribution in [-0.4, -0.2) is 32.6 Å². The molecular weight excluding hydrogens is 266 g/mol. The van der Waals surface area contributed by atoms with E-state index in [0.717, 1.165) is 37.4 Å². The summed E-state index contributed by atoms with van der Waals surface area (Å²) >= 11 is 0. The highest BCUT2D eigenvalue weighted by Gasteiger charge is 2.31. The summed E-state index contributed by atoms with van der Waals surface area (Å²) < 4.78 is 7.57. The molecule has 1 aliphatic rings. The molecule has 0 atom stereocenters. The lowest BCUT2D eigenvalue weighted by Gasteiger charge is -2.34. The molecule has 1 heterocycles. The first kappa shape index (κ1) is 14.2. The van der Waals surface area contributed by atoms with Crippen molar-refractivity contribution in [1.29, 1.82) is 0 Å². The van der Waals surface area contributed by atoms with E-state index in [1.165, 1.54) is 0 Å². The third kappa shape index (κ3) is 2.99. The molecule has 1 aliphatic carbocycles. The molecule has 0 amide bonds. The van der Waals surface area contributed by atoms with Gasteiger partial charge in [-0.1, -0.05) is 18.2 Å². The largest absolute Gasteiger partial charge is 0.388 e. The van der Waals surface area contributed by atoms with Gasteiger partial charge in [0.15, 0.2) is 5.82 Å². The second-order valence-corrected chi connectivity index (χ2v) is 5.48. The molecule has 5 heteroatoms. The van der Waals surface area contributed by atoms with Gasteiger partial charge in [-0.3, -0.25) is 4.57 Å². The summed E-state index contributed by atoms with van der Waals surface area (Å²) in [6.45, 7) is 2.72. The number of aliphatic hydroxyl groups excluding tert-OH is 1. The molecule has 3 rings (SSSR count). The highest BCUT2D eigenvalue weighted by molar-refractivity contribution is 5.34. The lowest BCUT2D eigenvalue weighted by molar-refractivity contribution is -0.0246. The van der Waals surface area contributed by atoms with Gasteiger partial charge < -0.3 is 9.84 Å². The van der Waals surface area contributed by atoms with Crippen molar-refractivity contribution < 1.29 is 9.84 Å². The Labute approximate surface area is 124 Å². The molecule has 1 N–H and O–H groups in total. The Bertz CT molecular complexity index is 576. The van der Waals surface area contributed by atoms with Crippen LogP contribution in [0, 0.1) is 5.92 Å². The summed E-state index contributed by atoms with van der Waals surface area (Å²) in [4.78, 5) is 0. The minimum Gasteiger partial charge on any atom is -0.388 e. The van der Waals surface area contributed by atoms with Gasteiger partial charge in [0.05, 0.1) is 6.10 Å². The van der Waals surface area contributed by atoms with E-state index in [2.05, 4.69) is 10.2 Å². The van der Waals surface area contributed by atoms with E-state index < -0.39 is 0 Å². The lowest BCUT2D eigenvalue weighted by Crippen LogP contribution is -2.33. The maximum Gasteiger partial charge on any atom is 0.163 e. The van der Waals surface area contributed by atoms with Gasteiger partial charge in [0.1, 0.15) is 12.4 Å². The zero-order chi connectivity index (χ0) is 14.7. The van der Waals surface area contributed by atoms with Gasteiger partial charge in [-0.2, -0.15) is 0 Å². The minimum absolute atomic E-state index is 0.103. The quantitative estimate of drug-likeness (QED) is 0.884. The summed E-state index contributed by atoms with van der Waals surface area (Å²) in [6.07, 6.45) is 3.46. The summed E-state index contributed by atoms with van der Waals surface area (Å²) in [7, 11) is 0. The zero-order valence-corrected chi connectivity index (χ0v) is 12.3. The van der Waals surface area contributed by atoms with Crippen molar-refractivity contribution in [2.45, 2.75) is 38.9 Å². The smallest absolute Gasteiger partial charge is 0.163 e. The number of aromatic nitrogens is 3. The van der Waals surface area contributed by atoms with Crippen molar-refractivity contribution in [3.05, 3.63) is 42.0 Å². The lowest BCUT2D eigenvalue weighted by atomic mass is 9.80. The fraction of sp³-hybridized carbons (Fsp3) is 0.500. The number of para-hydroxylation sites is 1. The summed E-state index contributed by atoms with van der Waals surface area (Å²) in [6, 6.07) is 9.96. The number of nitrogens with zero attached hydrogens (tertiary/aromatic N) is 3. The first-order chi connectivity index (χ1) is 10.3. The van der Waals surface area contributed by atoms with E-state index in [1.54, 1.807) is 0 Å². The van der Waals surface area contributed by atoms with Gasteiger partial charge in [0, 0.05) is 18.7 Å². The van der Waals surface area contributed by atoms with Crippen LogP contribution in [0.3, 0.4) is 0 Å². The number of hydrogen-bond donors (Lipinski definition) is 1. The summed E-state index contributed by atoms with van der Waals surface area (Å²) in [5.74, 6) is 2.11. The maximum absolute atomic E-state index is 9.47. The standard InChI is InChI=1S/C16H21N3O2/c1-2-21-14-8-12(9-14)10-15-17-18-16(11-20)19(15)13-6-4-3-5-7-13/h3-7,12,14,20H,2,8-11H2,1H3. The Morgan fingerprint density at radius 2 is 1.90 bits per heavy atom. The molecule has 0 aliphatic heterocycles. The van der Waals surface area contributed by atoms with Crippen LogP contribution in [0.5, 0.6) is 0 Å². The van der Waals surface area contributed by atoms with Crippen molar-refractivity contribution in [2.75, 3.05) is 6.61 Å². The molecule has 0 spiro atoms. The van der Waals surface area contributed by atoms with Gasteiger partial charge in [-0.05, 0) is 37.8 Å². The minimum atomic E-state index is -0.103. The molecule has 1 fully saturated rings. The molecule has 0 radical (unpaired) electrons. The van der Waals surface area contributed by atoms with E-state index in [0.29, 0.717) is 17.8 Å². The fourth-order valence-corrected chi connectivity index (χ4v) is 2.93. The SMILES string of the molecule is CCOC1CC(Cc2nnc(CO)n2-c2ccccc2)C1. The highest BCUT2D eigenvalue weighted by Crippen LogP contribution is 2.33. The Morgan fingerprint density at radius 3 is 2.57 bits per heavy atom. The Hall–Kier alpha value is -1.72. The third-order valence-electron chi connectivity index (χ3n) is 4.02. The average molecular weight is 287 g/mol. The summed E-state index contributed by atoms with van der Waals surface area (Å²) in [5, 5.41) is 17.8. The van der Waals surface area contributed by atoms with Gasteiger partial charge >= 0.3 is 0 Å². The predicted molar refractivity (Wildman–Crippen MR) is 79.1 cm³/mol. The third-order valence-corrected chi connectivity index (χ3v) is 4.02. The summed E-state index contributed by atoms with van der Waals surface area (Å²) in [5.41, 5.74) is 1.00. The first-order valence-corrected chi connectivity index (χ1v) is 7.52. The Morgan fingerprint density at radius 1 is 1.19 bits per heavy atom. The van der Waals surface area contributed by atoms with Crippen molar-refractivity contribution in [1.82, 2.24) is 14.8 Å². The normalized spacial score (nSPS) is 21.2. The number of aliphatic hydroxyl groups is 1. The Balaban J connectivity index is 1.76. The van der Waals surface area contributed by atoms with Crippen molar-refractivity contribution in [3.8, 4) is 5.69 Å². The molecule has 5 nitrogen and oxygen atoms in total. The van der Waals surface area contributed by atoms with Crippen LogP contribution in [0.4, 0.5) is 0 Å². The van der Waals surface area contributed by atoms with Crippen LogP contribution >= 0.6 is 0 Å². The van der Waals surface area contributed by atoms with Crippen molar-refractivity contribution >= 4 is 0 Å². The second kappa shape index (κ2) is 6.37. The molecule has 1 aromatic carbocycles. The van der Waals surface area contributed by atoms with Gasteiger partial charge in [-0.25, -0.2) is 0 Å². The van der Waals surface area contributed by atoms with Crippen LogP contribution in [0.25, 0.3) is 5.69 Å². The fourth-order valence-electron chi connectivity index (χ4n) is 2.93. The molecule has 21 heavy (non-hydrogen) atoms. The molecule has 1 aromatic heterocycles. The maximum atomic E-state index is 9.47. The number of rotatable bonds is 6. The van der Waals surface area contributed by atoms with E-state index in [-0.39, 0.29) is 6.61 Å². The van der Waals surface area contributed by atoms with E-state index >= 15 is 0 Å². The molecule has 112 valence electrons. The molecular formula is C16H21N3O2. The number of benzene rings is 1. The topological polar surface area (TPSA) is 60.2 Å². The number of ether oxygens (including phenoxy) is 1. The number of hydrogen-bond acceptors (Lipinski definition) is 4. The van der Waals surface area contributed by atoms with Crippen LogP contribution < -0.4 is 0 Å². The Kier molecular flexibility index (Phi) is 4.31. The second-order valence-electron chi connectivity index (χ2n) is 5.48. The monoisotopic (exact) mass is 287 g/mol. The van der Waals surface area contributed by atoms with E-state index in [9.17, 15) is 5.11 Å². The highest BCUT2D eigenvalue weighted by atomic mass is 16.5. The molecule has 0 unspecified atom stereocenters. The molecule has 0 saturated heterocycles. The van der Waals surface area contributed by atoms with Crippen LogP contribution in [0.15, 0.2) is 30.3 Å². The average Bonchev–Trinajstić information content (AvgIpc) is 2.89. The van der Waals surface area contributed by atoms with E-state index in [1.807, 2.05) is 41.8 Å². The van der Waals surface area contributed by atoms with Crippen molar-refractivity contribution in [2.24, 2.45) is 5.92 Å². The van der Waals surface area contributed by atoms with Gasteiger partial charge in [0.2, 0.25) is 0 Å². The van der Waals surface area contributed by atoms with Crippen LogP contribution in [0.2, 0.25) is 0 Å². The van der Waals surface area contributed by atoms with E-state index in [4.69, 9.17) is 4.74 Å². The van der Waals surface area contributed by atoms with Gasteiger partial charge in [0.25, 0.3) is 0 Å².